The van der Waals surface area contributed by atoms with Gasteiger partial charge in [0.15, 0.2) is 0 Å². The van der Waals surface area contributed by atoms with Crippen molar-refractivity contribution in [2.75, 3.05) is 6.61 Å². The van der Waals surface area contributed by atoms with Gasteiger partial charge in [0.2, 0.25) is 10.0 Å². The number of rotatable bonds is 6. The normalized spacial score (nSPS) is 18.0. The number of aromatic nitrogens is 2. The molecule has 1 aromatic rings. The molecule has 2 N–H and O–H groups in total. The van der Waals surface area contributed by atoms with Crippen molar-refractivity contribution in [3.05, 3.63) is 11.4 Å². The van der Waals surface area contributed by atoms with E-state index in [4.69, 9.17) is 5.11 Å². The maximum atomic E-state index is 12.6. The molecule has 1 saturated carbocycles. The van der Waals surface area contributed by atoms with Gasteiger partial charge in [0.1, 0.15) is 4.90 Å². The summed E-state index contributed by atoms with van der Waals surface area (Å²) < 4.78 is 29.7. The summed E-state index contributed by atoms with van der Waals surface area (Å²) in [6.07, 6.45) is 3.66. The lowest BCUT2D eigenvalue weighted by Crippen LogP contribution is -2.52. The van der Waals surface area contributed by atoms with E-state index in [0.29, 0.717) is 17.9 Å². The third-order valence-corrected chi connectivity index (χ3v) is 6.06. The number of aliphatic hydroxyl groups is 1. The highest BCUT2D eigenvalue weighted by Gasteiger charge is 2.40. The molecule has 1 heterocycles. The van der Waals surface area contributed by atoms with Crippen LogP contribution in [0.2, 0.25) is 0 Å². The molecular weight excluding hydrogens is 278 g/mol. The minimum absolute atomic E-state index is 0.0617. The van der Waals surface area contributed by atoms with Crippen molar-refractivity contribution in [2.45, 2.75) is 63.4 Å². The summed E-state index contributed by atoms with van der Waals surface area (Å²) in [5, 5.41) is 13.2. The van der Waals surface area contributed by atoms with E-state index in [-0.39, 0.29) is 17.0 Å². The fraction of sp³-hybridized carbons (Fsp3) is 0.769. The van der Waals surface area contributed by atoms with E-state index >= 15 is 0 Å². The van der Waals surface area contributed by atoms with Crippen LogP contribution in [0.5, 0.6) is 0 Å². The first-order valence-corrected chi connectivity index (χ1v) is 8.52. The number of nitrogens with one attached hydrogen (secondary N) is 1. The molecule has 0 aliphatic heterocycles. The smallest absolute Gasteiger partial charge is 0.244 e. The molecule has 0 saturated heterocycles. The van der Waals surface area contributed by atoms with E-state index in [1.807, 2.05) is 6.92 Å². The monoisotopic (exact) mass is 301 g/mol. The lowest BCUT2D eigenvalue weighted by atomic mass is 9.76. The van der Waals surface area contributed by atoms with Crippen LogP contribution in [0.3, 0.4) is 0 Å². The SMILES string of the molecule is CCC1(NS(=O)(=O)c2c(C)nn(CCO)c2C)CCC1. The molecule has 7 heteroatoms. The Balaban J connectivity index is 2.34. The Kier molecular flexibility index (Phi) is 4.22. The second kappa shape index (κ2) is 5.46. The van der Waals surface area contributed by atoms with Crippen molar-refractivity contribution in [1.82, 2.24) is 14.5 Å². The molecule has 0 amide bonds. The average molecular weight is 301 g/mol. The maximum Gasteiger partial charge on any atom is 0.244 e. The van der Waals surface area contributed by atoms with Crippen LogP contribution in [0.4, 0.5) is 0 Å². The third-order valence-electron chi connectivity index (χ3n) is 4.23. The van der Waals surface area contributed by atoms with Gasteiger partial charge in [-0.1, -0.05) is 6.92 Å². The minimum atomic E-state index is -3.56. The maximum absolute atomic E-state index is 12.6. The minimum Gasteiger partial charge on any atom is -0.394 e. The molecule has 0 radical (unpaired) electrons. The van der Waals surface area contributed by atoms with Crippen molar-refractivity contribution < 1.29 is 13.5 Å². The molecule has 0 unspecified atom stereocenters. The number of aryl methyl sites for hydroxylation is 1. The van der Waals surface area contributed by atoms with Gasteiger partial charge in [0, 0.05) is 5.54 Å². The summed E-state index contributed by atoms with van der Waals surface area (Å²) in [5.74, 6) is 0. The van der Waals surface area contributed by atoms with Gasteiger partial charge in [-0.3, -0.25) is 4.68 Å². The zero-order chi connectivity index (χ0) is 15.0. The van der Waals surface area contributed by atoms with Gasteiger partial charge >= 0.3 is 0 Å². The van der Waals surface area contributed by atoms with Crippen molar-refractivity contribution in [1.29, 1.82) is 0 Å². The molecule has 20 heavy (non-hydrogen) atoms. The van der Waals surface area contributed by atoms with E-state index in [1.54, 1.807) is 18.5 Å². The molecule has 114 valence electrons. The quantitative estimate of drug-likeness (QED) is 0.824. The Morgan fingerprint density at radius 1 is 1.40 bits per heavy atom. The molecule has 1 aliphatic rings. The summed E-state index contributed by atoms with van der Waals surface area (Å²) in [6.45, 7) is 5.67. The summed E-state index contributed by atoms with van der Waals surface area (Å²) in [5.41, 5.74) is 0.778. The highest BCUT2D eigenvalue weighted by Crippen LogP contribution is 2.36. The lowest BCUT2D eigenvalue weighted by molar-refractivity contribution is 0.213. The molecule has 0 aromatic carbocycles. The van der Waals surface area contributed by atoms with Gasteiger partial charge < -0.3 is 5.11 Å². The molecular formula is C13H23N3O3S. The molecule has 6 nitrogen and oxygen atoms in total. The number of sulfonamides is 1. The second-order valence-corrected chi connectivity index (χ2v) is 7.16. The number of nitrogens with zero attached hydrogens (tertiary/aromatic N) is 2. The average Bonchev–Trinajstić information content (AvgIpc) is 2.60. The van der Waals surface area contributed by atoms with E-state index < -0.39 is 10.0 Å². The zero-order valence-corrected chi connectivity index (χ0v) is 13.1. The van der Waals surface area contributed by atoms with E-state index in [1.165, 1.54) is 0 Å². The van der Waals surface area contributed by atoms with Crippen LogP contribution in [-0.4, -0.2) is 35.5 Å². The fourth-order valence-corrected chi connectivity index (χ4v) is 4.79. The molecule has 1 aliphatic carbocycles. The van der Waals surface area contributed by atoms with E-state index in [0.717, 1.165) is 25.7 Å². The van der Waals surface area contributed by atoms with Crippen LogP contribution in [0.15, 0.2) is 4.90 Å². The summed E-state index contributed by atoms with van der Waals surface area (Å²) in [6, 6.07) is 0. The van der Waals surface area contributed by atoms with Crippen LogP contribution in [-0.2, 0) is 16.6 Å². The molecule has 1 fully saturated rings. The summed E-state index contributed by atoms with van der Waals surface area (Å²) in [4.78, 5) is 0.255. The molecule has 0 bridgehead atoms. The Hall–Kier alpha value is -0.920. The lowest BCUT2D eigenvalue weighted by Gasteiger charge is -2.41. The molecule has 0 spiro atoms. The van der Waals surface area contributed by atoms with Gasteiger partial charge in [-0.2, -0.15) is 5.10 Å². The van der Waals surface area contributed by atoms with E-state index in [9.17, 15) is 8.42 Å². The van der Waals surface area contributed by atoms with Crippen LogP contribution in [0.25, 0.3) is 0 Å². The van der Waals surface area contributed by atoms with Crippen molar-refractivity contribution in [3.8, 4) is 0 Å². The Morgan fingerprint density at radius 2 is 2.05 bits per heavy atom. The zero-order valence-electron chi connectivity index (χ0n) is 12.3. The van der Waals surface area contributed by atoms with Crippen LogP contribution in [0.1, 0.15) is 44.0 Å². The number of hydrogen-bond acceptors (Lipinski definition) is 4. The highest BCUT2D eigenvalue weighted by atomic mass is 32.2. The van der Waals surface area contributed by atoms with Crippen molar-refractivity contribution in [2.24, 2.45) is 0 Å². The fourth-order valence-electron chi connectivity index (χ4n) is 2.85. The topological polar surface area (TPSA) is 84.2 Å². The first-order valence-electron chi connectivity index (χ1n) is 7.04. The van der Waals surface area contributed by atoms with E-state index in [2.05, 4.69) is 9.82 Å². The van der Waals surface area contributed by atoms with Gasteiger partial charge in [0.05, 0.1) is 24.5 Å². The first-order chi connectivity index (χ1) is 9.35. The predicted octanol–water partition coefficient (Wildman–Crippen LogP) is 1.10. The van der Waals surface area contributed by atoms with Crippen LogP contribution < -0.4 is 4.72 Å². The molecule has 2 rings (SSSR count). The third kappa shape index (κ3) is 2.62. The van der Waals surface area contributed by atoms with Gasteiger partial charge in [-0.05, 0) is 39.5 Å². The predicted molar refractivity (Wildman–Crippen MR) is 76.0 cm³/mol. The van der Waals surface area contributed by atoms with Gasteiger partial charge in [0.25, 0.3) is 0 Å². The van der Waals surface area contributed by atoms with Crippen molar-refractivity contribution >= 4 is 10.0 Å². The standard InChI is InChI=1S/C13H23N3O3S/c1-4-13(6-5-7-13)15-20(18,19)12-10(2)14-16(8-9-17)11(12)3/h15,17H,4-9H2,1-3H3. The largest absolute Gasteiger partial charge is 0.394 e. The Labute approximate surface area is 120 Å². The van der Waals surface area contributed by atoms with Crippen LogP contribution in [0, 0.1) is 13.8 Å². The van der Waals surface area contributed by atoms with Crippen molar-refractivity contribution in [3.63, 3.8) is 0 Å². The molecule has 1 aromatic heterocycles. The Bertz CT molecular complexity index is 583. The summed E-state index contributed by atoms with van der Waals surface area (Å²) >= 11 is 0. The number of aliphatic hydroxyl groups excluding tert-OH is 1. The van der Waals surface area contributed by atoms with Gasteiger partial charge in [-0.15, -0.1) is 0 Å². The second-order valence-electron chi connectivity index (χ2n) is 5.54. The van der Waals surface area contributed by atoms with Gasteiger partial charge in [-0.25, -0.2) is 13.1 Å². The highest BCUT2D eigenvalue weighted by molar-refractivity contribution is 7.89. The number of hydrogen-bond donors (Lipinski definition) is 2. The summed E-state index contributed by atoms with van der Waals surface area (Å²) in [7, 11) is -3.56. The molecule has 0 atom stereocenters. The van der Waals surface area contributed by atoms with Crippen LogP contribution >= 0.6 is 0 Å². The first kappa shape index (κ1) is 15.5. The Morgan fingerprint density at radius 3 is 2.50 bits per heavy atom.